The first-order chi connectivity index (χ1) is 17.0. The molecule has 0 radical (unpaired) electrons. The molecule has 184 valence electrons. The van der Waals surface area contributed by atoms with E-state index in [2.05, 4.69) is 52.1 Å². The summed E-state index contributed by atoms with van der Waals surface area (Å²) in [6, 6.07) is 5.83. The van der Waals surface area contributed by atoms with Crippen molar-refractivity contribution in [3.8, 4) is 5.82 Å². The average Bonchev–Trinajstić information content (AvgIpc) is 3.22. The van der Waals surface area contributed by atoms with Crippen LogP contribution in [0, 0.1) is 19.8 Å². The fourth-order valence-corrected chi connectivity index (χ4v) is 4.74. The Kier molecular flexibility index (Phi) is 6.58. The molecule has 0 aromatic carbocycles. The second-order valence-corrected chi connectivity index (χ2v) is 9.40. The van der Waals surface area contributed by atoms with Crippen LogP contribution in [0.3, 0.4) is 0 Å². The molecule has 11 nitrogen and oxygen atoms in total. The van der Waals surface area contributed by atoms with Crippen LogP contribution < -0.4 is 15.1 Å². The van der Waals surface area contributed by atoms with Crippen molar-refractivity contribution in [1.82, 2.24) is 34.6 Å². The van der Waals surface area contributed by atoms with Gasteiger partial charge >= 0.3 is 0 Å². The van der Waals surface area contributed by atoms with Crippen molar-refractivity contribution >= 4 is 23.4 Å². The van der Waals surface area contributed by atoms with Crippen molar-refractivity contribution in [2.24, 2.45) is 5.92 Å². The maximum Gasteiger partial charge on any atom is 0.230 e. The van der Waals surface area contributed by atoms with Crippen molar-refractivity contribution in [3.63, 3.8) is 0 Å². The Morgan fingerprint density at radius 1 is 0.886 bits per heavy atom. The molecule has 1 unspecified atom stereocenters. The Hall–Kier alpha value is -3.60. The molecule has 5 heterocycles. The van der Waals surface area contributed by atoms with Gasteiger partial charge in [0.1, 0.15) is 30.1 Å². The van der Waals surface area contributed by atoms with E-state index in [9.17, 15) is 4.79 Å². The van der Waals surface area contributed by atoms with E-state index in [1.165, 1.54) is 6.33 Å². The maximum absolute atomic E-state index is 13.1. The van der Waals surface area contributed by atoms with Crippen LogP contribution in [-0.4, -0.2) is 86.8 Å². The Morgan fingerprint density at radius 2 is 1.60 bits per heavy atom. The lowest BCUT2D eigenvalue weighted by molar-refractivity contribution is -0.120. The molecule has 3 aromatic rings. The van der Waals surface area contributed by atoms with E-state index in [0.29, 0.717) is 12.4 Å². The number of anilines is 3. The molecule has 0 saturated carbocycles. The number of carbonyl (C=O) groups excluding carboxylic acids is 1. The second kappa shape index (κ2) is 9.95. The van der Waals surface area contributed by atoms with Gasteiger partial charge in [-0.25, -0.2) is 24.6 Å². The number of piperazine rings is 1. The number of hydrogen-bond donors (Lipinski definition) is 1. The van der Waals surface area contributed by atoms with E-state index < -0.39 is 0 Å². The number of carbonyl (C=O) groups is 1. The molecule has 5 rings (SSSR count). The lowest BCUT2D eigenvalue weighted by Gasteiger charge is -2.33. The first-order valence-corrected chi connectivity index (χ1v) is 12.1. The first-order valence-electron chi connectivity index (χ1n) is 12.1. The molecule has 2 aliphatic heterocycles. The summed E-state index contributed by atoms with van der Waals surface area (Å²) in [4.78, 5) is 37.4. The van der Waals surface area contributed by atoms with E-state index >= 15 is 0 Å². The summed E-state index contributed by atoms with van der Waals surface area (Å²) in [5, 5.41) is 7.55. The number of nitrogens with one attached hydrogen (secondary N) is 1. The SMILES string of the molecule is Cc1cc(C)n(-c2cc(N3CCCC(C(=O)Nc4cc(N5CCN(C)CC5)ncn4)C3)ncn2)n1. The molecule has 0 bridgehead atoms. The van der Waals surface area contributed by atoms with Gasteiger partial charge in [-0.2, -0.15) is 5.10 Å². The van der Waals surface area contributed by atoms with Gasteiger partial charge < -0.3 is 20.0 Å². The molecule has 2 saturated heterocycles. The van der Waals surface area contributed by atoms with Gasteiger partial charge in [-0.05, 0) is 39.8 Å². The molecular weight excluding hydrogens is 444 g/mol. The fourth-order valence-electron chi connectivity index (χ4n) is 4.74. The van der Waals surface area contributed by atoms with Gasteiger partial charge in [-0.3, -0.25) is 4.79 Å². The van der Waals surface area contributed by atoms with Crippen molar-refractivity contribution in [3.05, 3.63) is 42.2 Å². The Balaban J connectivity index is 1.25. The van der Waals surface area contributed by atoms with Gasteiger partial charge in [0.15, 0.2) is 5.82 Å². The molecule has 2 aliphatic rings. The van der Waals surface area contributed by atoms with Crippen LogP contribution in [0.25, 0.3) is 5.82 Å². The van der Waals surface area contributed by atoms with E-state index in [1.807, 2.05) is 36.7 Å². The van der Waals surface area contributed by atoms with Crippen LogP contribution in [0.1, 0.15) is 24.2 Å². The lowest BCUT2D eigenvalue weighted by atomic mass is 9.97. The molecule has 2 fully saturated rings. The predicted molar refractivity (Wildman–Crippen MR) is 134 cm³/mol. The molecule has 1 N–H and O–H groups in total. The average molecular weight is 477 g/mol. The lowest BCUT2D eigenvalue weighted by Crippen LogP contribution is -2.44. The number of rotatable bonds is 5. The summed E-state index contributed by atoms with van der Waals surface area (Å²) in [6.45, 7) is 9.22. The smallest absolute Gasteiger partial charge is 0.230 e. The molecule has 1 atom stereocenters. The second-order valence-electron chi connectivity index (χ2n) is 9.40. The quantitative estimate of drug-likeness (QED) is 0.588. The van der Waals surface area contributed by atoms with E-state index in [-0.39, 0.29) is 11.8 Å². The Labute approximate surface area is 205 Å². The number of hydrogen-bond acceptors (Lipinski definition) is 9. The summed E-state index contributed by atoms with van der Waals surface area (Å²) in [5.41, 5.74) is 1.96. The van der Waals surface area contributed by atoms with E-state index in [1.54, 1.807) is 6.33 Å². The summed E-state index contributed by atoms with van der Waals surface area (Å²) in [6.07, 6.45) is 4.82. The van der Waals surface area contributed by atoms with Gasteiger partial charge in [-0.1, -0.05) is 0 Å². The number of aromatic nitrogens is 6. The van der Waals surface area contributed by atoms with Crippen molar-refractivity contribution < 1.29 is 4.79 Å². The molecule has 0 aliphatic carbocycles. The standard InChI is InChI=1S/C24H32N10O/c1-17-11-18(2)34(30-17)23-13-22(27-16-28-23)33-6-4-5-19(14-33)24(35)29-20-12-21(26-15-25-20)32-9-7-31(3)8-10-32/h11-13,15-16,19H,4-10,14H2,1-3H3,(H,25,26,29,35). The number of likely N-dealkylation sites (N-methyl/N-ethyl adjacent to an activating group) is 1. The number of aryl methyl sites for hydroxylation is 2. The largest absolute Gasteiger partial charge is 0.356 e. The first kappa shape index (κ1) is 23.2. The van der Waals surface area contributed by atoms with Gasteiger partial charge in [0.25, 0.3) is 0 Å². The molecular formula is C24H32N10O. The van der Waals surface area contributed by atoms with Crippen molar-refractivity contribution in [1.29, 1.82) is 0 Å². The van der Waals surface area contributed by atoms with E-state index in [0.717, 1.165) is 74.4 Å². The third-order valence-corrected chi connectivity index (χ3v) is 6.71. The summed E-state index contributed by atoms with van der Waals surface area (Å²) in [7, 11) is 2.12. The number of amides is 1. The minimum absolute atomic E-state index is 0.0226. The highest BCUT2D eigenvalue weighted by atomic mass is 16.2. The van der Waals surface area contributed by atoms with Gasteiger partial charge in [0.05, 0.1) is 11.6 Å². The monoisotopic (exact) mass is 476 g/mol. The highest BCUT2D eigenvalue weighted by molar-refractivity contribution is 5.92. The van der Waals surface area contributed by atoms with Crippen LogP contribution in [0.15, 0.2) is 30.9 Å². The van der Waals surface area contributed by atoms with Gasteiger partial charge in [0.2, 0.25) is 5.91 Å². The molecule has 11 heteroatoms. The molecule has 1 amide bonds. The van der Waals surface area contributed by atoms with Crippen LogP contribution in [-0.2, 0) is 4.79 Å². The normalized spacial score (nSPS) is 19.1. The zero-order valence-corrected chi connectivity index (χ0v) is 20.6. The maximum atomic E-state index is 13.1. The van der Waals surface area contributed by atoms with Crippen molar-refractivity contribution in [2.45, 2.75) is 26.7 Å². The van der Waals surface area contributed by atoms with Gasteiger partial charge in [-0.15, -0.1) is 0 Å². The molecule has 0 spiro atoms. The third kappa shape index (κ3) is 5.24. The Morgan fingerprint density at radius 3 is 2.34 bits per heavy atom. The van der Waals surface area contributed by atoms with Crippen LogP contribution >= 0.6 is 0 Å². The van der Waals surface area contributed by atoms with Gasteiger partial charge in [0, 0.05) is 57.1 Å². The summed E-state index contributed by atoms with van der Waals surface area (Å²) >= 11 is 0. The van der Waals surface area contributed by atoms with Crippen molar-refractivity contribution in [2.75, 3.05) is 61.4 Å². The zero-order chi connectivity index (χ0) is 24.4. The minimum Gasteiger partial charge on any atom is -0.356 e. The number of nitrogens with zero attached hydrogens (tertiary/aromatic N) is 9. The zero-order valence-electron chi connectivity index (χ0n) is 20.6. The topological polar surface area (TPSA) is 108 Å². The third-order valence-electron chi connectivity index (χ3n) is 6.71. The number of piperidine rings is 1. The predicted octanol–water partition coefficient (Wildman–Crippen LogP) is 1.68. The molecule has 35 heavy (non-hydrogen) atoms. The Bertz CT molecular complexity index is 1190. The molecule has 3 aromatic heterocycles. The minimum atomic E-state index is -0.155. The van der Waals surface area contributed by atoms with Crippen LogP contribution in [0.4, 0.5) is 17.5 Å². The van der Waals surface area contributed by atoms with Crippen LogP contribution in [0.2, 0.25) is 0 Å². The summed E-state index contributed by atoms with van der Waals surface area (Å²) in [5.74, 6) is 2.75. The van der Waals surface area contributed by atoms with E-state index in [4.69, 9.17) is 0 Å². The fraction of sp³-hybridized carbons (Fsp3) is 0.500. The highest BCUT2D eigenvalue weighted by Crippen LogP contribution is 2.24. The summed E-state index contributed by atoms with van der Waals surface area (Å²) < 4.78 is 1.82. The van der Waals surface area contributed by atoms with Crippen LogP contribution in [0.5, 0.6) is 0 Å². The highest BCUT2D eigenvalue weighted by Gasteiger charge is 2.27.